The topological polar surface area (TPSA) is 47.6 Å². The summed E-state index contributed by atoms with van der Waals surface area (Å²) in [5, 5.41) is 0. The van der Waals surface area contributed by atoms with Crippen LogP contribution >= 0.6 is 0 Å². The molecule has 0 rings (SSSR count). The molecule has 0 aliphatic rings. The molecular weight excluding hydrogens is 52.0 g/mol. The summed E-state index contributed by atoms with van der Waals surface area (Å²) in [6.45, 7) is 0.472. The summed E-state index contributed by atoms with van der Waals surface area (Å²) in [4.78, 5) is 0. The minimum absolute atomic E-state index is 0.236. The minimum Gasteiger partial charge on any atom is -0.256 e. The van der Waals surface area contributed by atoms with Crippen LogP contribution in [0.3, 0.4) is 0 Å². The van der Waals surface area contributed by atoms with E-state index in [2.05, 4.69) is 0 Å². The predicted molar refractivity (Wildman–Crippen MR) is 15.9 cm³/mol. The maximum absolute atomic E-state index is 6.26. The molecular formula is C2H6N2. The van der Waals surface area contributed by atoms with Gasteiger partial charge in [0.15, 0.2) is 0 Å². The van der Waals surface area contributed by atoms with Gasteiger partial charge in [0.25, 0.3) is 0 Å². The van der Waals surface area contributed by atoms with Crippen molar-refractivity contribution in [1.29, 1.82) is 0 Å². The lowest BCUT2D eigenvalue weighted by Gasteiger charge is -1.68. The predicted octanol–water partition coefficient (Wildman–Crippen LogP) is -0.448. The van der Waals surface area contributed by atoms with Gasteiger partial charge in [-0.2, -0.15) is 0 Å². The van der Waals surface area contributed by atoms with Crippen LogP contribution < -0.4 is 11.5 Å². The molecule has 2 radical (unpaired) electrons. The molecule has 2 N–H and O–H groups in total. The van der Waals surface area contributed by atoms with Crippen molar-refractivity contribution < 1.29 is 0 Å². The van der Waals surface area contributed by atoms with Gasteiger partial charge < -0.3 is 0 Å². The van der Waals surface area contributed by atoms with Crippen molar-refractivity contribution in [3.63, 3.8) is 0 Å². The van der Waals surface area contributed by atoms with Crippen molar-refractivity contribution in [2.75, 3.05) is 13.1 Å². The summed E-state index contributed by atoms with van der Waals surface area (Å²) in [5.74, 6) is 0. The Hall–Kier alpha value is -0.0800. The van der Waals surface area contributed by atoms with Crippen LogP contribution in [0.5, 0.6) is 0 Å². The molecule has 0 aromatic carbocycles. The number of rotatable bonds is 1. The highest BCUT2D eigenvalue weighted by Crippen LogP contribution is 1.35. The Bertz CT molecular complexity index is 6.00. The van der Waals surface area contributed by atoms with E-state index < -0.39 is 0 Å². The zero-order chi connectivity index (χ0) is 3.41. The lowest BCUT2D eigenvalue weighted by Crippen LogP contribution is -1.90. The molecule has 0 amide bonds. The van der Waals surface area contributed by atoms with E-state index in [0.717, 1.165) is 0 Å². The number of nitrogens with one attached hydrogen (secondary N) is 2. The van der Waals surface area contributed by atoms with Crippen molar-refractivity contribution in [3.05, 3.63) is 0 Å². The number of hydrogen-bond acceptors (Lipinski definition) is 0. The lowest BCUT2D eigenvalue weighted by atomic mass is 10.7. The van der Waals surface area contributed by atoms with Crippen molar-refractivity contribution >= 4 is 0 Å². The molecule has 0 saturated heterocycles. The zero-order valence-electron chi connectivity index (χ0n) is 2.41. The fourth-order valence-electron chi connectivity index (χ4n) is 0. The molecule has 0 aliphatic heterocycles. The van der Waals surface area contributed by atoms with Gasteiger partial charge in [-0.05, 0) is 0 Å². The number of hydrogen-bond donors (Lipinski definition) is 0. The van der Waals surface area contributed by atoms with Crippen molar-refractivity contribution in [3.8, 4) is 0 Å². The zero-order valence-corrected chi connectivity index (χ0v) is 2.41. The van der Waals surface area contributed by atoms with Gasteiger partial charge in [0.05, 0.1) is 0 Å². The van der Waals surface area contributed by atoms with Crippen LogP contribution in [0.2, 0.25) is 0 Å². The standard InChI is InChI=1S/C2H6N2/c3-1-2-4/h3-4H,1-2H2. The molecule has 0 heterocycles. The summed E-state index contributed by atoms with van der Waals surface area (Å²) in [7, 11) is 0. The van der Waals surface area contributed by atoms with Crippen LogP contribution in [0.4, 0.5) is 0 Å². The van der Waals surface area contributed by atoms with Gasteiger partial charge >= 0.3 is 0 Å². The highest BCUT2D eigenvalue weighted by atomic mass is 14.6. The third-order valence-electron chi connectivity index (χ3n) is 0.125. The molecule has 0 aliphatic carbocycles. The van der Waals surface area contributed by atoms with E-state index in [0.29, 0.717) is 0 Å². The average molecular weight is 58.1 g/mol. The third kappa shape index (κ3) is 1.92. The Balaban J connectivity index is 1.97. The Labute approximate surface area is 25.8 Å². The monoisotopic (exact) mass is 58.1 g/mol. The molecule has 2 nitrogen and oxygen atoms in total. The van der Waals surface area contributed by atoms with E-state index >= 15 is 0 Å². The first-order valence-corrected chi connectivity index (χ1v) is 1.21. The Morgan fingerprint density at radius 3 is 1.25 bits per heavy atom. The molecule has 0 spiro atoms. The normalized spacial score (nSPS) is 7.50. The molecule has 0 saturated carbocycles. The first kappa shape index (κ1) is 3.92. The van der Waals surface area contributed by atoms with Crippen LogP contribution in [0.1, 0.15) is 0 Å². The molecule has 0 fully saturated rings. The summed E-state index contributed by atoms with van der Waals surface area (Å²) < 4.78 is 0. The van der Waals surface area contributed by atoms with Crippen molar-refractivity contribution in [2.24, 2.45) is 0 Å². The third-order valence-corrected chi connectivity index (χ3v) is 0.125. The van der Waals surface area contributed by atoms with E-state index in [9.17, 15) is 0 Å². The van der Waals surface area contributed by atoms with E-state index in [-0.39, 0.29) is 13.1 Å². The van der Waals surface area contributed by atoms with Crippen LogP contribution in [0.25, 0.3) is 0 Å². The van der Waals surface area contributed by atoms with Gasteiger partial charge in [0.2, 0.25) is 0 Å². The molecule has 0 aromatic heterocycles. The molecule has 0 atom stereocenters. The van der Waals surface area contributed by atoms with Gasteiger partial charge in [-0.25, -0.2) is 0 Å². The van der Waals surface area contributed by atoms with Crippen LogP contribution in [0.15, 0.2) is 0 Å². The molecule has 0 bridgehead atoms. The second-order valence-electron chi connectivity index (χ2n) is 0.500. The Morgan fingerprint density at radius 1 is 1.00 bits per heavy atom. The highest BCUT2D eigenvalue weighted by Gasteiger charge is 1.57. The van der Waals surface area contributed by atoms with Gasteiger partial charge in [-0.3, -0.25) is 11.5 Å². The van der Waals surface area contributed by atoms with Gasteiger partial charge in [-0.1, -0.05) is 0 Å². The van der Waals surface area contributed by atoms with Crippen molar-refractivity contribution in [1.82, 2.24) is 11.5 Å². The summed E-state index contributed by atoms with van der Waals surface area (Å²) >= 11 is 0. The van der Waals surface area contributed by atoms with Gasteiger partial charge in [0, 0.05) is 13.1 Å². The van der Waals surface area contributed by atoms with Gasteiger partial charge in [-0.15, -0.1) is 0 Å². The second kappa shape index (κ2) is 2.92. The van der Waals surface area contributed by atoms with Crippen LogP contribution in [-0.2, 0) is 0 Å². The Morgan fingerprint density at radius 2 is 1.25 bits per heavy atom. The summed E-state index contributed by atoms with van der Waals surface area (Å²) in [6.07, 6.45) is 0. The molecule has 2 heteroatoms. The fraction of sp³-hybridized carbons (Fsp3) is 1.00. The molecule has 0 aromatic rings. The Kier molecular flexibility index (Phi) is 2.86. The van der Waals surface area contributed by atoms with E-state index in [1.807, 2.05) is 0 Å². The smallest absolute Gasteiger partial charge is 0.0239 e. The quantitative estimate of drug-likeness (QED) is 0.392. The highest BCUT2D eigenvalue weighted by molar-refractivity contribution is 4.23. The largest absolute Gasteiger partial charge is 0.256 e. The maximum atomic E-state index is 6.26. The molecule has 0 unspecified atom stereocenters. The summed E-state index contributed by atoms with van der Waals surface area (Å²) in [6, 6.07) is 0. The van der Waals surface area contributed by atoms with Crippen molar-refractivity contribution in [2.45, 2.75) is 0 Å². The van der Waals surface area contributed by atoms with Crippen LogP contribution in [0, 0.1) is 0 Å². The first-order chi connectivity index (χ1) is 1.91. The fourth-order valence-corrected chi connectivity index (χ4v) is 0. The minimum atomic E-state index is 0.236. The lowest BCUT2D eigenvalue weighted by molar-refractivity contribution is 0.926. The average Bonchev–Trinajstić information content (AvgIpc) is 1.37. The van der Waals surface area contributed by atoms with E-state index in [1.165, 1.54) is 0 Å². The van der Waals surface area contributed by atoms with Gasteiger partial charge in [0.1, 0.15) is 0 Å². The van der Waals surface area contributed by atoms with Crippen LogP contribution in [-0.4, -0.2) is 13.1 Å². The molecule has 24 valence electrons. The SMILES string of the molecule is [NH]CC[NH]. The maximum Gasteiger partial charge on any atom is 0.0239 e. The molecule has 4 heavy (non-hydrogen) atoms. The van der Waals surface area contributed by atoms with E-state index in [4.69, 9.17) is 11.5 Å². The summed E-state index contributed by atoms with van der Waals surface area (Å²) in [5.41, 5.74) is 12.5. The first-order valence-electron chi connectivity index (χ1n) is 1.21. The van der Waals surface area contributed by atoms with E-state index in [1.54, 1.807) is 0 Å². The second-order valence-corrected chi connectivity index (χ2v) is 0.500.